The molecule has 0 spiro atoms. The molecule has 3 N–H and O–H groups in total. The van der Waals surface area contributed by atoms with Gasteiger partial charge in [-0.1, -0.05) is 6.07 Å². The molecule has 1 amide bonds. The molecule has 0 aliphatic rings. The molecule has 164 valence electrons. The van der Waals surface area contributed by atoms with Crippen LogP contribution in [0.4, 0.5) is 4.79 Å². The number of amides is 1. The van der Waals surface area contributed by atoms with Gasteiger partial charge in [-0.3, -0.25) is 0 Å². The maximum Gasteiger partial charge on any atom is 0.407 e. The summed E-state index contributed by atoms with van der Waals surface area (Å²) in [4.78, 5) is 16.2. The fraction of sp³-hybridized carbons (Fsp3) is 0.619. The van der Waals surface area contributed by atoms with Crippen LogP contribution < -0.4 is 25.4 Å². The Bertz CT molecular complexity index is 657. The summed E-state index contributed by atoms with van der Waals surface area (Å²) in [5.74, 6) is 2.15. The number of carbonyl (C=O) groups excluding carboxylic acids is 1. The number of benzene rings is 1. The van der Waals surface area contributed by atoms with Crippen molar-refractivity contribution in [2.45, 2.75) is 53.2 Å². The third-order valence-corrected chi connectivity index (χ3v) is 3.61. The molecule has 8 nitrogen and oxygen atoms in total. The van der Waals surface area contributed by atoms with Crippen LogP contribution in [0.25, 0.3) is 0 Å². The Morgan fingerprint density at radius 1 is 1.07 bits per heavy atom. The van der Waals surface area contributed by atoms with Gasteiger partial charge in [-0.15, -0.1) is 0 Å². The van der Waals surface area contributed by atoms with Gasteiger partial charge in [0.1, 0.15) is 5.60 Å². The van der Waals surface area contributed by atoms with Crippen LogP contribution in [0.3, 0.4) is 0 Å². The third-order valence-electron chi connectivity index (χ3n) is 3.61. The second-order valence-corrected chi connectivity index (χ2v) is 7.32. The molecular weight excluding hydrogens is 372 g/mol. The first-order chi connectivity index (χ1) is 13.8. The van der Waals surface area contributed by atoms with Crippen molar-refractivity contribution in [3.8, 4) is 11.5 Å². The van der Waals surface area contributed by atoms with Crippen molar-refractivity contribution < 1.29 is 19.0 Å². The summed E-state index contributed by atoms with van der Waals surface area (Å²) >= 11 is 0. The van der Waals surface area contributed by atoms with Crippen molar-refractivity contribution in [3.05, 3.63) is 23.8 Å². The van der Waals surface area contributed by atoms with E-state index < -0.39 is 11.7 Å². The van der Waals surface area contributed by atoms with Gasteiger partial charge >= 0.3 is 6.09 Å². The summed E-state index contributed by atoms with van der Waals surface area (Å²) in [7, 11) is 1.63. The van der Waals surface area contributed by atoms with Crippen molar-refractivity contribution in [3.63, 3.8) is 0 Å². The van der Waals surface area contributed by atoms with E-state index in [9.17, 15) is 4.79 Å². The average Bonchev–Trinajstić information content (AvgIpc) is 2.64. The van der Waals surface area contributed by atoms with E-state index in [1.807, 2.05) is 52.8 Å². The molecule has 1 aromatic rings. The number of rotatable bonds is 10. The summed E-state index contributed by atoms with van der Waals surface area (Å²) in [5, 5.41) is 9.23. The first-order valence-corrected chi connectivity index (χ1v) is 10.1. The van der Waals surface area contributed by atoms with Gasteiger partial charge in [0.2, 0.25) is 0 Å². The minimum absolute atomic E-state index is 0.400. The van der Waals surface area contributed by atoms with Crippen molar-refractivity contribution in [1.29, 1.82) is 0 Å². The molecule has 0 aromatic heterocycles. The predicted molar refractivity (Wildman–Crippen MR) is 116 cm³/mol. The molecule has 0 saturated carbocycles. The lowest BCUT2D eigenvalue weighted by Gasteiger charge is -2.19. The first kappa shape index (κ1) is 24.4. The zero-order chi connectivity index (χ0) is 21.7. The predicted octanol–water partition coefficient (Wildman–Crippen LogP) is 3.06. The van der Waals surface area contributed by atoms with Crippen molar-refractivity contribution in [1.82, 2.24) is 16.0 Å². The first-order valence-electron chi connectivity index (χ1n) is 10.1. The minimum Gasteiger partial charge on any atom is -0.493 e. The van der Waals surface area contributed by atoms with Crippen LogP contribution in [0.5, 0.6) is 11.5 Å². The zero-order valence-electron chi connectivity index (χ0n) is 18.6. The fourth-order valence-electron chi connectivity index (χ4n) is 2.40. The summed E-state index contributed by atoms with van der Waals surface area (Å²) in [5.41, 5.74) is 0.537. The topological polar surface area (TPSA) is 93.2 Å². The summed E-state index contributed by atoms with van der Waals surface area (Å²) in [6, 6.07) is 5.80. The Balaban J connectivity index is 2.50. The average molecular weight is 409 g/mol. The van der Waals surface area contributed by atoms with E-state index in [4.69, 9.17) is 14.2 Å². The quantitative estimate of drug-likeness (QED) is 0.313. The number of ether oxygens (including phenoxy) is 3. The van der Waals surface area contributed by atoms with Gasteiger partial charge in [0.05, 0.1) is 20.3 Å². The van der Waals surface area contributed by atoms with Gasteiger partial charge in [-0.05, 0) is 58.7 Å². The zero-order valence-corrected chi connectivity index (χ0v) is 18.6. The van der Waals surface area contributed by atoms with E-state index in [1.165, 1.54) is 0 Å². The van der Waals surface area contributed by atoms with Crippen LogP contribution in [0.1, 0.15) is 46.6 Å². The summed E-state index contributed by atoms with van der Waals surface area (Å²) < 4.78 is 16.1. The molecule has 0 aliphatic carbocycles. The smallest absolute Gasteiger partial charge is 0.407 e. The highest BCUT2D eigenvalue weighted by Crippen LogP contribution is 2.28. The minimum atomic E-state index is -0.489. The molecule has 8 heteroatoms. The van der Waals surface area contributed by atoms with Crippen LogP contribution >= 0.6 is 0 Å². The molecule has 0 bridgehead atoms. The summed E-state index contributed by atoms with van der Waals surface area (Å²) in [6.07, 6.45) is 0.350. The van der Waals surface area contributed by atoms with E-state index in [-0.39, 0.29) is 0 Å². The Labute approximate surface area is 174 Å². The number of carbonyl (C=O) groups is 1. The van der Waals surface area contributed by atoms with E-state index in [0.717, 1.165) is 24.5 Å². The number of methoxy groups -OCH3 is 1. The molecule has 0 saturated heterocycles. The molecule has 0 atom stereocenters. The largest absolute Gasteiger partial charge is 0.493 e. The number of hydrogen-bond acceptors (Lipinski definition) is 5. The second kappa shape index (κ2) is 12.7. The van der Waals surface area contributed by atoms with Gasteiger partial charge in [-0.25, -0.2) is 9.79 Å². The van der Waals surface area contributed by atoms with Crippen LogP contribution in [0.15, 0.2) is 23.2 Å². The molecule has 1 aromatic carbocycles. The SMILES string of the molecule is CCNC(=NCc1ccc(OC)c(OCC)c1)NCCCNC(=O)OC(C)(C)C. The van der Waals surface area contributed by atoms with Gasteiger partial charge in [0.15, 0.2) is 17.5 Å². The van der Waals surface area contributed by atoms with E-state index in [0.29, 0.717) is 37.7 Å². The Kier molecular flexibility index (Phi) is 10.7. The van der Waals surface area contributed by atoms with E-state index in [2.05, 4.69) is 20.9 Å². The van der Waals surface area contributed by atoms with E-state index in [1.54, 1.807) is 7.11 Å². The standard InChI is InChI=1S/C21H36N4O4/c1-7-22-19(23-12-9-13-24-20(26)29-21(3,4)5)25-15-16-10-11-17(27-6)18(14-16)28-8-2/h10-11,14H,7-9,12-13,15H2,1-6H3,(H,24,26)(H2,22,23,25). The normalized spacial score (nSPS) is 11.6. The van der Waals surface area contributed by atoms with Crippen molar-refractivity contribution >= 4 is 12.1 Å². The van der Waals surface area contributed by atoms with Crippen molar-refractivity contribution in [2.75, 3.05) is 33.4 Å². The molecule has 0 aliphatic heterocycles. The highest BCUT2D eigenvalue weighted by atomic mass is 16.6. The molecule has 29 heavy (non-hydrogen) atoms. The van der Waals surface area contributed by atoms with Gasteiger partial charge < -0.3 is 30.2 Å². The van der Waals surface area contributed by atoms with E-state index >= 15 is 0 Å². The lowest BCUT2D eigenvalue weighted by Crippen LogP contribution is -2.39. The molecule has 0 fully saturated rings. The second-order valence-electron chi connectivity index (χ2n) is 7.32. The lowest BCUT2D eigenvalue weighted by molar-refractivity contribution is 0.0527. The molecule has 0 unspecified atom stereocenters. The van der Waals surface area contributed by atoms with Gasteiger partial charge in [-0.2, -0.15) is 0 Å². The number of guanidine groups is 1. The number of nitrogens with zero attached hydrogens (tertiary/aromatic N) is 1. The number of alkyl carbamates (subject to hydrolysis) is 1. The molecular formula is C21H36N4O4. The monoisotopic (exact) mass is 408 g/mol. The van der Waals surface area contributed by atoms with Crippen LogP contribution in [0.2, 0.25) is 0 Å². The van der Waals surface area contributed by atoms with Crippen molar-refractivity contribution in [2.24, 2.45) is 4.99 Å². The number of nitrogens with one attached hydrogen (secondary N) is 3. The number of aliphatic imine (C=N–C) groups is 1. The third kappa shape index (κ3) is 10.5. The molecule has 0 radical (unpaired) electrons. The molecule has 1 rings (SSSR count). The highest BCUT2D eigenvalue weighted by Gasteiger charge is 2.15. The Morgan fingerprint density at radius 3 is 2.41 bits per heavy atom. The van der Waals surface area contributed by atoms with Crippen LogP contribution in [0, 0.1) is 0 Å². The van der Waals surface area contributed by atoms with Gasteiger partial charge in [0, 0.05) is 19.6 Å². The highest BCUT2D eigenvalue weighted by molar-refractivity contribution is 5.79. The lowest BCUT2D eigenvalue weighted by atomic mass is 10.2. The maximum atomic E-state index is 11.6. The Hall–Kier alpha value is -2.64. The molecule has 0 heterocycles. The Morgan fingerprint density at radius 2 is 1.79 bits per heavy atom. The van der Waals surface area contributed by atoms with Gasteiger partial charge in [0.25, 0.3) is 0 Å². The number of hydrogen-bond donors (Lipinski definition) is 3. The van der Waals surface area contributed by atoms with Crippen LogP contribution in [-0.4, -0.2) is 51.0 Å². The summed E-state index contributed by atoms with van der Waals surface area (Å²) in [6.45, 7) is 12.5. The fourth-order valence-corrected chi connectivity index (χ4v) is 2.40. The maximum absolute atomic E-state index is 11.6. The van der Waals surface area contributed by atoms with Crippen LogP contribution in [-0.2, 0) is 11.3 Å².